The summed E-state index contributed by atoms with van der Waals surface area (Å²) in [5.74, 6) is 0.453. The van der Waals surface area contributed by atoms with E-state index in [9.17, 15) is 8.42 Å². The van der Waals surface area contributed by atoms with Crippen LogP contribution in [0.2, 0.25) is 0 Å². The van der Waals surface area contributed by atoms with Crippen molar-refractivity contribution >= 4 is 10.0 Å². The lowest BCUT2D eigenvalue weighted by Gasteiger charge is -2.14. The first-order valence-corrected chi connectivity index (χ1v) is 7.68. The molecule has 7 nitrogen and oxygen atoms in total. The smallest absolute Gasteiger partial charge is 0.273 e. The van der Waals surface area contributed by atoms with Crippen molar-refractivity contribution in [1.29, 1.82) is 0 Å². The summed E-state index contributed by atoms with van der Waals surface area (Å²) in [7, 11) is -3.92. The average Bonchev–Trinajstić information content (AvgIpc) is 2.72. The Kier molecular flexibility index (Phi) is 3.61. The van der Waals surface area contributed by atoms with Crippen molar-refractivity contribution in [2.45, 2.75) is 38.9 Å². The molecule has 0 bridgehead atoms. The molecule has 0 saturated heterocycles. The molecule has 0 saturated carbocycles. The fraction of sp³-hybridized carbons (Fsp3) is 0.417. The van der Waals surface area contributed by atoms with Crippen LogP contribution in [0, 0.1) is 13.8 Å². The Balaban J connectivity index is 2.73. The Labute approximate surface area is 117 Å². The molecule has 0 atom stereocenters. The monoisotopic (exact) mass is 295 g/mol. The molecule has 2 rings (SSSR count). The quantitative estimate of drug-likeness (QED) is 0.915. The van der Waals surface area contributed by atoms with Gasteiger partial charge in [-0.1, -0.05) is 0 Å². The van der Waals surface area contributed by atoms with Gasteiger partial charge >= 0.3 is 0 Å². The Bertz CT molecular complexity index is 749. The van der Waals surface area contributed by atoms with Gasteiger partial charge in [0.1, 0.15) is 0 Å². The molecule has 0 spiro atoms. The lowest BCUT2D eigenvalue weighted by atomic mass is 10.1. The highest BCUT2D eigenvalue weighted by Gasteiger charge is 2.24. The van der Waals surface area contributed by atoms with Crippen LogP contribution in [-0.4, -0.2) is 28.2 Å². The zero-order valence-electron chi connectivity index (χ0n) is 11.8. The van der Waals surface area contributed by atoms with Crippen LogP contribution >= 0.6 is 0 Å². The van der Waals surface area contributed by atoms with Gasteiger partial charge in [-0.25, -0.2) is 13.6 Å². The van der Waals surface area contributed by atoms with Crippen molar-refractivity contribution < 1.29 is 8.42 Å². The van der Waals surface area contributed by atoms with Crippen LogP contribution in [0.25, 0.3) is 11.4 Å². The molecule has 2 aromatic heterocycles. The van der Waals surface area contributed by atoms with Crippen molar-refractivity contribution in [3.63, 3.8) is 0 Å². The Morgan fingerprint density at radius 2 is 1.85 bits per heavy atom. The Hall–Kier alpha value is -1.80. The second kappa shape index (κ2) is 4.95. The van der Waals surface area contributed by atoms with E-state index in [1.54, 1.807) is 0 Å². The van der Waals surface area contributed by atoms with Gasteiger partial charge in [0.05, 0.1) is 0 Å². The van der Waals surface area contributed by atoms with Gasteiger partial charge in [0, 0.05) is 23.0 Å². The third-order valence-electron chi connectivity index (χ3n) is 2.90. The van der Waals surface area contributed by atoms with E-state index in [2.05, 4.69) is 15.2 Å². The van der Waals surface area contributed by atoms with Gasteiger partial charge in [0.25, 0.3) is 15.2 Å². The number of hydrogen-bond donors (Lipinski definition) is 1. The van der Waals surface area contributed by atoms with Crippen LogP contribution in [0.5, 0.6) is 0 Å². The van der Waals surface area contributed by atoms with E-state index < -0.39 is 10.0 Å². The van der Waals surface area contributed by atoms with Gasteiger partial charge in [-0.2, -0.15) is 0 Å². The summed E-state index contributed by atoms with van der Waals surface area (Å²) in [6.45, 7) is 7.43. The summed E-state index contributed by atoms with van der Waals surface area (Å²) >= 11 is 0. The normalized spacial score (nSPS) is 12.1. The molecule has 8 heteroatoms. The SMILES string of the molecule is Cc1ccc(-c2nnc(S(N)(=O)=O)n2C(C)C)c(C)n1. The molecule has 108 valence electrons. The zero-order valence-corrected chi connectivity index (χ0v) is 12.6. The van der Waals surface area contributed by atoms with Crippen molar-refractivity contribution in [3.05, 3.63) is 23.5 Å². The standard InChI is InChI=1S/C12H17N5O2S/c1-7(2)17-11(15-16-12(17)20(13,18)19)10-6-5-8(3)14-9(10)4/h5-7H,1-4H3,(H2,13,18,19). The second-order valence-electron chi connectivity index (χ2n) is 4.90. The molecule has 2 aromatic rings. The van der Waals surface area contributed by atoms with Crippen LogP contribution in [0.15, 0.2) is 17.3 Å². The van der Waals surface area contributed by atoms with E-state index in [0.29, 0.717) is 5.82 Å². The van der Waals surface area contributed by atoms with E-state index in [0.717, 1.165) is 17.0 Å². The maximum atomic E-state index is 11.6. The predicted octanol–water partition coefficient (Wildman–Crippen LogP) is 1.19. The van der Waals surface area contributed by atoms with Crippen LogP contribution in [0.3, 0.4) is 0 Å². The Morgan fingerprint density at radius 1 is 1.20 bits per heavy atom. The van der Waals surface area contributed by atoms with Gasteiger partial charge in [-0.05, 0) is 39.8 Å². The molecular formula is C12H17N5O2S. The molecule has 0 aliphatic rings. The minimum atomic E-state index is -3.92. The first-order valence-electron chi connectivity index (χ1n) is 6.14. The number of aryl methyl sites for hydroxylation is 2. The highest BCUT2D eigenvalue weighted by molar-refractivity contribution is 7.89. The van der Waals surface area contributed by atoms with E-state index in [4.69, 9.17) is 5.14 Å². The van der Waals surface area contributed by atoms with Crippen LogP contribution in [0.1, 0.15) is 31.3 Å². The number of hydrogen-bond acceptors (Lipinski definition) is 5. The van der Waals surface area contributed by atoms with Crippen molar-refractivity contribution in [2.75, 3.05) is 0 Å². The fourth-order valence-electron chi connectivity index (χ4n) is 2.04. The molecule has 0 radical (unpaired) electrons. The largest absolute Gasteiger partial charge is 0.294 e. The molecule has 20 heavy (non-hydrogen) atoms. The second-order valence-corrected chi connectivity index (χ2v) is 6.36. The number of rotatable bonds is 3. The van der Waals surface area contributed by atoms with Crippen molar-refractivity contribution in [2.24, 2.45) is 5.14 Å². The number of nitrogens with two attached hydrogens (primary N) is 1. The number of nitrogens with zero attached hydrogens (tertiary/aromatic N) is 4. The maximum Gasteiger partial charge on any atom is 0.273 e. The van der Waals surface area contributed by atoms with Crippen LogP contribution < -0.4 is 5.14 Å². The number of sulfonamides is 1. The van der Waals surface area contributed by atoms with E-state index in [-0.39, 0.29) is 11.2 Å². The summed E-state index contributed by atoms with van der Waals surface area (Å²) in [6.07, 6.45) is 0. The molecule has 0 aliphatic heterocycles. The topological polar surface area (TPSA) is 104 Å². The number of primary sulfonamides is 1. The molecule has 0 fully saturated rings. The lowest BCUT2D eigenvalue weighted by molar-refractivity contribution is 0.524. The summed E-state index contributed by atoms with van der Waals surface area (Å²) < 4.78 is 24.7. The Morgan fingerprint density at radius 3 is 2.35 bits per heavy atom. The first-order chi connectivity index (χ1) is 9.21. The average molecular weight is 295 g/mol. The first kappa shape index (κ1) is 14.6. The van der Waals surface area contributed by atoms with Crippen LogP contribution in [-0.2, 0) is 10.0 Å². The van der Waals surface area contributed by atoms with Crippen LogP contribution in [0.4, 0.5) is 0 Å². The summed E-state index contributed by atoms with van der Waals surface area (Å²) in [5.41, 5.74) is 2.39. The number of aromatic nitrogens is 4. The van der Waals surface area contributed by atoms with Gasteiger partial charge in [0.15, 0.2) is 5.82 Å². The van der Waals surface area contributed by atoms with Gasteiger partial charge in [0.2, 0.25) is 0 Å². The minimum absolute atomic E-state index is 0.144. The highest BCUT2D eigenvalue weighted by atomic mass is 32.2. The molecular weight excluding hydrogens is 278 g/mol. The van der Waals surface area contributed by atoms with Gasteiger partial charge in [-0.15, -0.1) is 10.2 Å². The molecule has 0 amide bonds. The molecule has 0 aliphatic carbocycles. The summed E-state index contributed by atoms with van der Waals surface area (Å²) in [5, 5.41) is 12.6. The van der Waals surface area contributed by atoms with E-state index in [1.165, 1.54) is 4.57 Å². The third kappa shape index (κ3) is 2.56. The molecule has 0 unspecified atom stereocenters. The molecule has 0 aromatic carbocycles. The number of pyridine rings is 1. The third-order valence-corrected chi connectivity index (χ3v) is 3.69. The van der Waals surface area contributed by atoms with Crippen molar-refractivity contribution in [3.8, 4) is 11.4 Å². The summed E-state index contributed by atoms with van der Waals surface area (Å²) in [4.78, 5) is 4.36. The minimum Gasteiger partial charge on any atom is -0.294 e. The van der Waals surface area contributed by atoms with E-state index in [1.807, 2.05) is 39.8 Å². The summed E-state index contributed by atoms with van der Waals surface area (Å²) in [6, 6.07) is 3.56. The molecule has 2 N–H and O–H groups in total. The van der Waals surface area contributed by atoms with Gasteiger partial charge in [-0.3, -0.25) is 9.55 Å². The van der Waals surface area contributed by atoms with Crippen molar-refractivity contribution in [1.82, 2.24) is 19.7 Å². The van der Waals surface area contributed by atoms with Gasteiger partial charge < -0.3 is 0 Å². The lowest BCUT2D eigenvalue weighted by Crippen LogP contribution is -2.20. The highest BCUT2D eigenvalue weighted by Crippen LogP contribution is 2.26. The fourth-order valence-corrected chi connectivity index (χ4v) is 2.77. The maximum absolute atomic E-state index is 11.6. The zero-order chi connectivity index (χ0) is 15.1. The van der Waals surface area contributed by atoms with E-state index >= 15 is 0 Å². The molecule has 2 heterocycles. The predicted molar refractivity (Wildman–Crippen MR) is 74.5 cm³/mol.